The maximum atomic E-state index is 11.4. The molecule has 6 nitrogen and oxygen atoms in total. The molecule has 0 aliphatic carbocycles. The Morgan fingerprint density at radius 3 is 3.25 bits per heavy atom. The van der Waals surface area contributed by atoms with Crippen molar-refractivity contribution in [1.82, 2.24) is 9.55 Å². The van der Waals surface area contributed by atoms with Crippen LogP contribution in [0.3, 0.4) is 0 Å². The van der Waals surface area contributed by atoms with E-state index in [4.69, 9.17) is 9.47 Å². The van der Waals surface area contributed by atoms with Crippen LogP contribution < -0.4 is 10.3 Å². The van der Waals surface area contributed by atoms with Crippen LogP contribution in [0.15, 0.2) is 11.0 Å². The summed E-state index contributed by atoms with van der Waals surface area (Å²) in [4.78, 5) is 15.2. The molecule has 1 unspecified atom stereocenters. The third-order valence-electron chi connectivity index (χ3n) is 2.98. The zero-order chi connectivity index (χ0) is 11.3. The van der Waals surface area contributed by atoms with Crippen molar-refractivity contribution >= 4 is 0 Å². The predicted octanol–water partition coefficient (Wildman–Crippen LogP) is -0.407. The molecule has 3 atom stereocenters. The smallest absolute Gasteiger partial charge is 0.301 e. The van der Waals surface area contributed by atoms with Crippen LogP contribution in [0.1, 0.15) is 18.2 Å². The molecule has 1 aromatic heterocycles. The fourth-order valence-electron chi connectivity index (χ4n) is 2.06. The number of rotatable bonds is 0. The molecule has 1 N–H and O–H groups in total. The summed E-state index contributed by atoms with van der Waals surface area (Å²) in [5, 5.41) is 9.67. The minimum absolute atomic E-state index is 0.229. The molecule has 1 saturated heterocycles. The third kappa shape index (κ3) is 1.34. The lowest BCUT2D eigenvalue weighted by Crippen LogP contribution is -2.28. The number of fused-ring (bicyclic) bond motifs is 4. The average molecular weight is 224 g/mol. The molecule has 16 heavy (non-hydrogen) atoms. The molecule has 0 spiro atoms. The van der Waals surface area contributed by atoms with Crippen LogP contribution in [0, 0.1) is 6.92 Å². The third-order valence-corrected chi connectivity index (χ3v) is 2.98. The number of ether oxygens (including phenoxy) is 2. The summed E-state index contributed by atoms with van der Waals surface area (Å²) in [6, 6.07) is 0.273. The van der Waals surface area contributed by atoms with E-state index in [0.717, 1.165) is 0 Å². The van der Waals surface area contributed by atoms with Gasteiger partial charge in [0.25, 0.3) is 5.56 Å². The van der Waals surface area contributed by atoms with E-state index in [2.05, 4.69) is 4.98 Å². The van der Waals surface area contributed by atoms with E-state index in [9.17, 15) is 9.90 Å². The van der Waals surface area contributed by atoms with Crippen molar-refractivity contribution < 1.29 is 14.6 Å². The Labute approximate surface area is 91.4 Å². The first-order valence-electron chi connectivity index (χ1n) is 5.21. The Kier molecular flexibility index (Phi) is 2.02. The second kappa shape index (κ2) is 3.29. The minimum atomic E-state index is -0.516. The molecule has 0 aromatic carbocycles. The molecule has 3 heterocycles. The maximum Gasteiger partial charge on any atom is 0.301 e. The Hall–Kier alpha value is -1.40. The second-order valence-electron chi connectivity index (χ2n) is 4.16. The number of nitrogens with zero attached hydrogens (tertiary/aromatic N) is 2. The van der Waals surface area contributed by atoms with Crippen LogP contribution in [-0.4, -0.2) is 33.5 Å². The molecule has 1 fully saturated rings. The fourth-order valence-corrected chi connectivity index (χ4v) is 2.06. The number of hydrogen-bond donors (Lipinski definition) is 1. The van der Waals surface area contributed by atoms with Gasteiger partial charge < -0.3 is 14.6 Å². The predicted molar refractivity (Wildman–Crippen MR) is 53.3 cm³/mol. The second-order valence-corrected chi connectivity index (χ2v) is 4.16. The molecule has 0 saturated carbocycles. The van der Waals surface area contributed by atoms with Crippen LogP contribution in [0.25, 0.3) is 0 Å². The summed E-state index contributed by atoms with van der Waals surface area (Å²) in [7, 11) is 0. The molecule has 1 aromatic rings. The van der Waals surface area contributed by atoms with Gasteiger partial charge in [0.05, 0.1) is 6.10 Å². The summed E-state index contributed by atoms with van der Waals surface area (Å²) >= 11 is 0. The van der Waals surface area contributed by atoms with Gasteiger partial charge in [0.1, 0.15) is 18.9 Å². The Balaban J connectivity index is 2.10. The van der Waals surface area contributed by atoms with Gasteiger partial charge >= 0.3 is 6.01 Å². The monoisotopic (exact) mass is 224 g/mol. The van der Waals surface area contributed by atoms with Gasteiger partial charge in [-0.05, 0) is 6.92 Å². The van der Waals surface area contributed by atoms with Gasteiger partial charge in [0.15, 0.2) is 0 Å². The Morgan fingerprint density at radius 1 is 1.62 bits per heavy atom. The molecule has 6 heteroatoms. The van der Waals surface area contributed by atoms with Crippen LogP contribution in [0.4, 0.5) is 0 Å². The number of hydrogen-bond acceptors (Lipinski definition) is 5. The van der Waals surface area contributed by atoms with Crippen molar-refractivity contribution in [3.05, 3.63) is 22.1 Å². The van der Waals surface area contributed by atoms with E-state index in [1.54, 1.807) is 17.7 Å². The van der Waals surface area contributed by atoms with Gasteiger partial charge in [-0.25, -0.2) is 0 Å². The zero-order valence-electron chi connectivity index (χ0n) is 8.79. The van der Waals surface area contributed by atoms with Crippen molar-refractivity contribution in [2.45, 2.75) is 31.8 Å². The lowest BCUT2D eigenvalue weighted by Gasteiger charge is -2.16. The number of aliphatic hydroxyl groups is 1. The van der Waals surface area contributed by atoms with Crippen LogP contribution >= 0.6 is 0 Å². The summed E-state index contributed by atoms with van der Waals surface area (Å²) in [6.45, 7) is 1.92. The van der Waals surface area contributed by atoms with Crippen molar-refractivity contribution in [2.75, 3.05) is 6.61 Å². The Bertz CT molecular complexity index is 484. The standard InChI is InChI=1S/C10H12N2O4/c1-5-3-12-8-2-6(13)7(16-8)4-15-10(12)11-9(5)14/h3,6-8,13H,2,4H2,1H3/t6?,7-,8-/m1/s1. The number of aromatic nitrogens is 2. The van der Waals surface area contributed by atoms with Gasteiger partial charge in [-0.2, -0.15) is 4.98 Å². The number of aryl methyl sites for hydroxylation is 1. The average Bonchev–Trinajstić information content (AvgIpc) is 2.51. The molecule has 2 bridgehead atoms. The van der Waals surface area contributed by atoms with Crippen molar-refractivity contribution in [3.63, 3.8) is 0 Å². The largest absolute Gasteiger partial charge is 0.462 e. The van der Waals surface area contributed by atoms with Crippen molar-refractivity contribution in [3.8, 4) is 6.01 Å². The molecule has 0 radical (unpaired) electrons. The van der Waals surface area contributed by atoms with Crippen LogP contribution in [0.5, 0.6) is 6.01 Å². The lowest BCUT2D eigenvalue weighted by molar-refractivity contribution is -0.0205. The molecular formula is C10H12N2O4. The molecule has 0 amide bonds. The molecular weight excluding hydrogens is 212 g/mol. The van der Waals surface area contributed by atoms with Gasteiger partial charge in [-0.3, -0.25) is 9.36 Å². The fraction of sp³-hybridized carbons (Fsp3) is 0.600. The quantitative estimate of drug-likeness (QED) is 0.648. The first kappa shape index (κ1) is 9.80. The summed E-state index contributed by atoms with van der Waals surface area (Å²) in [6.07, 6.45) is 1.03. The minimum Gasteiger partial charge on any atom is -0.462 e. The van der Waals surface area contributed by atoms with E-state index < -0.39 is 6.10 Å². The van der Waals surface area contributed by atoms with Gasteiger partial charge in [0, 0.05) is 18.2 Å². The summed E-state index contributed by atoms with van der Waals surface area (Å²) < 4.78 is 12.6. The first-order valence-corrected chi connectivity index (χ1v) is 5.21. The highest BCUT2D eigenvalue weighted by Gasteiger charge is 2.39. The molecule has 86 valence electrons. The van der Waals surface area contributed by atoms with Crippen LogP contribution in [0.2, 0.25) is 0 Å². The topological polar surface area (TPSA) is 73.6 Å². The lowest BCUT2D eigenvalue weighted by atomic mass is 10.2. The summed E-state index contributed by atoms with van der Waals surface area (Å²) in [5.41, 5.74) is 0.250. The van der Waals surface area contributed by atoms with Gasteiger partial charge in [0.2, 0.25) is 0 Å². The van der Waals surface area contributed by atoms with Crippen LogP contribution in [-0.2, 0) is 4.74 Å². The highest BCUT2D eigenvalue weighted by Crippen LogP contribution is 2.33. The van der Waals surface area contributed by atoms with Crippen molar-refractivity contribution in [2.24, 2.45) is 0 Å². The van der Waals surface area contributed by atoms with Crippen molar-refractivity contribution in [1.29, 1.82) is 0 Å². The molecule has 2 aliphatic heterocycles. The maximum absolute atomic E-state index is 11.4. The highest BCUT2D eigenvalue weighted by molar-refractivity contribution is 5.11. The van der Waals surface area contributed by atoms with Gasteiger partial charge in [-0.1, -0.05) is 0 Å². The molecule has 3 rings (SSSR count). The number of aliphatic hydroxyl groups excluding tert-OH is 1. The normalized spacial score (nSPS) is 31.8. The first-order chi connectivity index (χ1) is 7.65. The SMILES string of the molecule is Cc1cn2c(nc1=O)OC[C@H]1O[C@@H]2CC1O. The van der Waals surface area contributed by atoms with E-state index in [0.29, 0.717) is 12.0 Å². The summed E-state index contributed by atoms with van der Waals surface area (Å²) in [5.74, 6) is 0. The zero-order valence-corrected chi connectivity index (χ0v) is 8.79. The van der Waals surface area contributed by atoms with E-state index >= 15 is 0 Å². The van der Waals surface area contributed by atoms with E-state index in [1.165, 1.54) is 0 Å². The highest BCUT2D eigenvalue weighted by atomic mass is 16.6. The van der Waals surface area contributed by atoms with E-state index in [-0.39, 0.29) is 30.5 Å². The van der Waals surface area contributed by atoms with E-state index in [1.807, 2.05) is 0 Å². The Morgan fingerprint density at radius 2 is 2.44 bits per heavy atom. The molecule has 2 aliphatic rings. The van der Waals surface area contributed by atoms with Gasteiger partial charge in [-0.15, -0.1) is 0 Å².